The summed E-state index contributed by atoms with van der Waals surface area (Å²) in [6.07, 6.45) is 1.81. The number of hydrogen-bond donors (Lipinski definition) is 2. The molecule has 146 valence electrons. The molecule has 0 spiro atoms. The predicted octanol–water partition coefficient (Wildman–Crippen LogP) is 2.86. The van der Waals surface area contributed by atoms with Gasteiger partial charge < -0.3 is 15.0 Å². The Morgan fingerprint density at radius 2 is 1.83 bits per heavy atom. The highest BCUT2D eigenvalue weighted by Crippen LogP contribution is 2.27. The van der Waals surface area contributed by atoms with E-state index < -0.39 is 0 Å². The Kier molecular flexibility index (Phi) is 4.75. The summed E-state index contributed by atoms with van der Waals surface area (Å²) >= 11 is 0. The first kappa shape index (κ1) is 17.6. The number of nitrogens with one attached hydrogen (secondary N) is 2. The van der Waals surface area contributed by atoms with Crippen LogP contribution in [0.2, 0.25) is 0 Å². The summed E-state index contributed by atoms with van der Waals surface area (Å²) in [6.45, 7) is 3.51. The quantitative estimate of drug-likeness (QED) is 0.544. The summed E-state index contributed by atoms with van der Waals surface area (Å²) in [5.41, 5.74) is 3.05. The number of morpholine rings is 1. The van der Waals surface area contributed by atoms with Crippen molar-refractivity contribution >= 4 is 22.8 Å². The van der Waals surface area contributed by atoms with Gasteiger partial charge in [0.25, 0.3) is 0 Å². The van der Waals surface area contributed by atoms with Gasteiger partial charge in [-0.2, -0.15) is 20.1 Å². The molecule has 2 aromatic heterocycles. The van der Waals surface area contributed by atoms with Gasteiger partial charge in [0.05, 0.1) is 24.9 Å². The summed E-state index contributed by atoms with van der Waals surface area (Å²) in [7, 11) is 0. The summed E-state index contributed by atoms with van der Waals surface area (Å²) < 4.78 is 5.48. The molecular weight excluding hydrogens is 366 g/mol. The molecule has 5 rings (SSSR count). The SMILES string of the molecule is c1ccc(CNc2nc(-c3cccc4[nH]ncc34)nc(N3CCOCC3)n2)cc1. The highest BCUT2D eigenvalue weighted by atomic mass is 16.5. The van der Waals surface area contributed by atoms with Crippen molar-refractivity contribution in [3.63, 3.8) is 0 Å². The van der Waals surface area contributed by atoms with E-state index in [-0.39, 0.29) is 0 Å². The molecule has 0 atom stereocenters. The topological polar surface area (TPSA) is 91.9 Å². The van der Waals surface area contributed by atoms with Gasteiger partial charge in [0.15, 0.2) is 5.82 Å². The van der Waals surface area contributed by atoms with Crippen LogP contribution in [0.15, 0.2) is 54.7 Å². The molecule has 0 saturated carbocycles. The van der Waals surface area contributed by atoms with Crippen LogP contribution in [0.3, 0.4) is 0 Å². The van der Waals surface area contributed by atoms with Crippen LogP contribution >= 0.6 is 0 Å². The molecule has 0 amide bonds. The number of ether oxygens (including phenoxy) is 1. The molecule has 4 aromatic rings. The Morgan fingerprint density at radius 3 is 2.69 bits per heavy atom. The minimum absolute atomic E-state index is 0.556. The number of aromatic amines is 1. The third-order valence-corrected chi connectivity index (χ3v) is 4.94. The molecule has 3 heterocycles. The monoisotopic (exact) mass is 387 g/mol. The first-order valence-corrected chi connectivity index (χ1v) is 9.66. The van der Waals surface area contributed by atoms with Crippen molar-refractivity contribution in [3.05, 3.63) is 60.3 Å². The second-order valence-electron chi connectivity index (χ2n) is 6.86. The average Bonchev–Trinajstić information content (AvgIpc) is 3.28. The molecule has 29 heavy (non-hydrogen) atoms. The molecule has 0 unspecified atom stereocenters. The maximum atomic E-state index is 5.48. The van der Waals surface area contributed by atoms with Crippen LogP contribution in [0.1, 0.15) is 5.56 Å². The van der Waals surface area contributed by atoms with Crippen LogP contribution in [-0.2, 0) is 11.3 Å². The van der Waals surface area contributed by atoms with E-state index in [9.17, 15) is 0 Å². The number of hydrogen-bond acceptors (Lipinski definition) is 7. The fourth-order valence-corrected chi connectivity index (χ4v) is 3.41. The number of nitrogens with zero attached hydrogens (tertiary/aromatic N) is 5. The number of rotatable bonds is 5. The van der Waals surface area contributed by atoms with Gasteiger partial charge in [0.1, 0.15) is 0 Å². The zero-order chi connectivity index (χ0) is 19.5. The standard InChI is InChI=1S/C21H21N7O/c1-2-5-15(6-3-1)13-22-20-24-19(16-7-4-8-18-17(16)14-23-27-18)25-21(26-20)28-9-11-29-12-10-28/h1-8,14H,9-13H2,(H,23,27)(H,22,24,25,26). The molecule has 2 N–H and O–H groups in total. The van der Waals surface area contributed by atoms with E-state index in [0.717, 1.165) is 29.6 Å². The lowest BCUT2D eigenvalue weighted by atomic mass is 10.1. The van der Waals surface area contributed by atoms with E-state index in [0.29, 0.717) is 37.5 Å². The molecule has 8 heteroatoms. The molecule has 1 saturated heterocycles. The van der Waals surface area contributed by atoms with Gasteiger partial charge in [0.2, 0.25) is 11.9 Å². The van der Waals surface area contributed by atoms with Crippen LogP contribution in [0.25, 0.3) is 22.3 Å². The van der Waals surface area contributed by atoms with Crippen LogP contribution in [-0.4, -0.2) is 51.5 Å². The summed E-state index contributed by atoms with van der Waals surface area (Å²) in [5.74, 6) is 1.85. The molecule has 1 aliphatic heterocycles. The van der Waals surface area contributed by atoms with Gasteiger partial charge in [-0.15, -0.1) is 0 Å². The number of anilines is 2. The second-order valence-corrected chi connectivity index (χ2v) is 6.86. The van der Waals surface area contributed by atoms with E-state index in [1.807, 2.05) is 36.4 Å². The van der Waals surface area contributed by atoms with Crippen LogP contribution < -0.4 is 10.2 Å². The zero-order valence-electron chi connectivity index (χ0n) is 15.9. The van der Waals surface area contributed by atoms with Crippen LogP contribution in [0.4, 0.5) is 11.9 Å². The number of fused-ring (bicyclic) bond motifs is 1. The average molecular weight is 387 g/mol. The lowest BCUT2D eigenvalue weighted by Gasteiger charge is -2.27. The Labute approximate surface area is 168 Å². The van der Waals surface area contributed by atoms with Gasteiger partial charge in [-0.3, -0.25) is 5.10 Å². The minimum atomic E-state index is 0.556. The zero-order valence-corrected chi connectivity index (χ0v) is 15.9. The number of H-pyrrole nitrogens is 1. The van der Waals surface area contributed by atoms with Crippen molar-refractivity contribution in [1.82, 2.24) is 25.1 Å². The number of aromatic nitrogens is 5. The Bertz CT molecular complexity index is 1110. The summed E-state index contributed by atoms with van der Waals surface area (Å²) in [5, 5.41) is 11.5. The molecule has 8 nitrogen and oxygen atoms in total. The second kappa shape index (κ2) is 7.84. The van der Waals surface area contributed by atoms with Gasteiger partial charge in [-0.05, 0) is 11.6 Å². The summed E-state index contributed by atoms with van der Waals surface area (Å²) in [4.78, 5) is 16.3. The first-order chi connectivity index (χ1) is 14.4. The largest absolute Gasteiger partial charge is 0.378 e. The highest BCUT2D eigenvalue weighted by Gasteiger charge is 2.18. The van der Waals surface area contributed by atoms with Crippen molar-refractivity contribution in [2.75, 3.05) is 36.5 Å². The maximum absolute atomic E-state index is 5.48. The lowest BCUT2D eigenvalue weighted by Crippen LogP contribution is -2.37. The molecule has 2 aromatic carbocycles. The highest BCUT2D eigenvalue weighted by molar-refractivity contribution is 5.92. The normalized spacial score (nSPS) is 14.3. The third-order valence-electron chi connectivity index (χ3n) is 4.94. The van der Waals surface area contributed by atoms with Crippen molar-refractivity contribution in [1.29, 1.82) is 0 Å². The Hall–Kier alpha value is -3.52. The molecule has 0 bridgehead atoms. The van der Waals surface area contributed by atoms with Gasteiger partial charge >= 0.3 is 0 Å². The fourth-order valence-electron chi connectivity index (χ4n) is 3.41. The molecular formula is C21H21N7O. The predicted molar refractivity (Wildman–Crippen MR) is 112 cm³/mol. The van der Waals surface area contributed by atoms with Crippen LogP contribution in [0.5, 0.6) is 0 Å². The van der Waals surface area contributed by atoms with Crippen molar-refractivity contribution in [2.45, 2.75) is 6.54 Å². The Balaban J connectivity index is 1.53. The Morgan fingerprint density at radius 1 is 0.966 bits per heavy atom. The lowest BCUT2D eigenvalue weighted by molar-refractivity contribution is 0.122. The van der Waals surface area contributed by atoms with Crippen molar-refractivity contribution in [2.24, 2.45) is 0 Å². The van der Waals surface area contributed by atoms with Crippen LogP contribution in [0, 0.1) is 0 Å². The fraction of sp³-hybridized carbons (Fsp3) is 0.238. The van der Waals surface area contributed by atoms with E-state index in [1.165, 1.54) is 5.56 Å². The molecule has 0 radical (unpaired) electrons. The molecule has 0 aliphatic carbocycles. The van der Waals surface area contributed by atoms with E-state index in [2.05, 4.69) is 37.5 Å². The smallest absolute Gasteiger partial charge is 0.230 e. The van der Waals surface area contributed by atoms with Crippen molar-refractivity contribution in [3.8, 4) is 11.4 Å². The van der Waals surface area contributed by atoms with E-state index in [4.69, 9.17) is 14.7 Å². The van der Waals surface area contributed by atoms with E-state index in [1.54, 1.807) is 6.20 Å². The third kappa shape index (κ3) is 3.74. The van der Waals surface area contributed by atoms with Gasteiger partial charge in [0, 0.05) is 30.6 Å². The van der Waals surface area contributed by atoms with E-state index >= 15 is 0 Å². The number of benzene rings is 2. The van der Waals surface area contributed by atoms with Crippen molar-refractivity contribution < 1.29 is 4.74 Å². The summed E-state index contributed by atoms with van der Waals surface area (Å²) in [6, 6.07) is 16.2. The molecule has 1 fully saturated rings. The van der Waals surface area contributed by atoms with Gasteiger partial charge in [-0.25, -0.2) is 0 Å². The first-order valence-electron chi connectivity index (χ1n) is 9.66. The maximum Gasteiger partial charge on any atom is 0.230 e. The molecule has 1 aliphatic rings. The minimum Gasteiger partial charge on any atom is -0.378 e. The van der Waals surface area contributed by atoms with Gasteiger partial charge in [-0.1, -0.05) is 42.5 Å².